The van der Waals surface area contributed by atoms with Crippen molar-refractivity contribution in [3.05, 3.63) is 205 Å². The highest BCUT2D eigenvalue weighted by Crippen LogP contribution is 2.48. The second-order valence-electron chi connectivity index (χ2n) is 17.4. The monoisotopic (exact) mass is 766 g/mol. The molecule has 10 rings (SSSR count). The van der Waals surface area contributed by atoms with Crippen LogP contribution >= 0.6 is 0 Å². The molecule has 8 aromatic carbocycles. The summed E-state index contributed by atoms with van der Waals surface area (Å²) in [5.41, 5.74) is 16.1. The number of rotatable bonds is 7. The van der Waals surface area contributed by atoms with Crippen molar-refractivity contribution >= 4 is 38.9 Å². The standard InChI is InChI=1S/C56H47FN2/c1-55(2)31-32-56(3,4)51-36-45(26-28-50(51)55)59-53-30-24-43(57)35-49(53)47-27-25-46(37-54(47)59)58(44-22-14-21-41(33-44)38-15-8-5-9-16-38)52-29-23-42(39-17-10-6-11-18-39)34-48(52)40-19-12-7-13-20-40/h5-30,33-37H,31-32H2,1-4H3. The second-order valence-corrected chi connectivity index (χ2v) is 17.4. The lowest BCUT2D eigenvalue weighted by Crippen LogP contribution is -2.33. The van der Waals surface area contributed by atoms with Crippen molar-refractivity contribution < 1.29 is 4.39 Å². The van der Waals surface area contributed by atoms with Crippen molar-refractivity contribution in [1.29, 1.82) is 0 Å². The predicted molar refractivity (Wildman–Crippen MR) is 247 cm³/mol. The number of hydrogen-bond donors (Lipinski definition) is 0. The SMILES string of the molecule is CC1(C)CCC(C)(C)c2cc(-n3c4ccc(F)cc4c4ccc(N(c5cccc(-c6ccccc6)c5)c5ccc(-c6ccccc6)cc5-c5ccccc5)cc43)ccc21. The van der Waals surface area contributed by atoms with E-state index < -0.39 is 0 Å². The Morgan fingerprint density at radius 2 is 1.05 bits per heavy atom. The van der Waals surface area contributed by atoms with Crippen molar-refractivity contribution in [1.82, 2.24) is 4.57 Å². The van der Waals surface area contributed by atoms with Gasteiger partial charge in [0.25, 0.3) is 0 Å². The number of aromatic nitrogens is 1. The fraction of sp³-hybridized carbons (Fsp3) is 0.143. The normalized spacial score (nSPS) is 14.3. The van der Waals surface area contributed by atoms with Gasteiger partial charge in [0.2, 0.25) is 0 Å². The van der Waals surface area contributed by atoms with E-state index in [1.54, 1.807) is 12.1 Å². The van der Waals surface area contributed by atoms with Crippen LogP contribution in [0, 0.1) is 5.82 Å². The summed E-state index contributed by atoms with van der Waals surface area (Å²) in [6.07, 6.45) is 2.28. The van der Waals surface area contributed by atoms with Gasteiger partial charge in [0.1, 0.15) is 5.82 Å². The smallest absolute Gasteiger partial charge is 0.123 e. The first kappa shape index (κ1) is 36.6. The van der Waals surface area contributed by atoms with Gasteiger partial charge in [-0.25, -0.2) is 4.39 Å². The van der Waals surface area contributed by atoms with Gasteiger partial charge in [0.15, 0.2) is 0 Å². The van der Waals surface area contributed by atoms with Crippen LogP contribution in [0.3, 0.4) is 0 Å². The highest BCUT2D eigenvalue weighted by atomic mass is 19.1. The summed E-state index contributed by atoms with van der Waals surface area (Å²) in [5.74, 6) is -0.237. The Morgan fingerprint density at radius 3 is 1.75 bits per heavy atom. The van der Waals surface area contributed by atoms with Crippen molar-refractivity contribution in [2.75, 3.05) is 4.90 Å². The van der Waals surface area contributed by atoms with Gasteiger partial charge in [-0.2, -0.15) is 0 Å². The average molecular weight is 767 g/mol. The highest BCUT2D eigenvalue weighted by molar-refractivity contribution is 6.10. The number of fused-ring (bicyclic) bond motifs is 4. The molecule has 0 saturated heterocycles. The van der Waals surface area contributed by atoms with Crippen LogP contribution in [0.5, 0.6) is 0 Å². The van der Waals surface area contributed by atoms with E-state index in [4.69, 9.17) is 0 Å². The van der Waals surface area contributed by atoms with Gasteiger partial charge in [-0.15, -0.1) is 0 Å². The van der Waals surface area contributed by atoms with Crippen LogP contribution in [0.4, 0.5) is 21.5 Å². The Balaban J connectivity index is 1.24. The molecular weight excluding hydrogens is 720 g/mol. The zero-order valence-corrected chi connectivity index (χ0v) is 34.1. The molecule has 59 heavy (non-hydrogen) atoms. The van der Waals surface area contributed by atoms with E-state index in [1.165, 1.54) is 16.7 Å². The van der Waals surface area contributed by atoms with Crippen molar-refractivity contribution in [3.63, 3.8) is 0 Å². The molecule has 0 aliphatic heterocycles. The van der Waals surface area contributed by atoms with E-state index in [1.807, 2.05) is 6.07 Å². The maximum atomic E-state index is 15.2. The maximum absolute atomic E-state index is 15.2. The molecule has 0 spiro atoms. The first-order valence-corrected chi connectivity index (χ1v) is 20.7. The number of benzene rings is 8. The molecule has 9 aromatic rings. The molecule has 0 bridgehead atoms. The lowest BCUT2D eigenvalue weighted by molar-refractivity contribution is 0.332. The van der Waals surface area contributed by atoms with Crippen LogP contribution in [-0.4, -0.2) is 4.57 Å². The Kier molecular flexibility index (Phi) is 8.87. The van der Waals surface area contributed by atoms with Crippen LogP contribution in [0.2, 0.25) is 0 Å². The van der Waals surface area contributed by atoms with Gasteiger partial charge >= 0.3 is 0 Å². The van der Waals surface area contributed by atoms with Gasteiger partial charge in [0.05, 0.1) is 16.7 Å². The number of nitrogens with zero attached hydrogens (tertiary/aromatic N) is 2. The van der Waals surface area contributed by atoms with Gasteiger partial charge < -0.3 is 9.47 Å². The minimum atomic E-state index is -0.237. The molecule has 0 fully saturated rings. The molecule has 0 N–H and O–H groups in total. The predicted octanol–water partition coefficient (Wildman–Crippen LogP) is 15.7. The lowest BCUT2D eigenvalue weighted by atomic mass is 9.63. The zero-order chi connectivity index (χ0) is 40.3. The molecule has 3 heteroatoms. The van der Waals surface area contributed by atoms with Crippen LogP contribution in [-0.2, 0) is 10.8 Å². The van der Waals surface area contributed by atoms with E-state index in [0.29, 0.717) is 0 Å². The Morgan fingerprint density at radius 1 is 0.441 bits per heavy atom. The third-order valence-electron chi connectivity index (χ3n) is 12.7. The minimum absolute atomic E-state index is 0.0389. The lowest BCUT2D eigenvalue weighted by Gasteiger charge is -2.42. The molecule has 0 saturated carbocycles. The first-order valence-electron chi connectivity index (χ1n) is 20.7. The van der Waals surface area contributed by atoms with Gasteiger partial charge in [-0.3, -0.25) is 0 Å². The number of hydrogen-bond acceptors (Lipinski definition) is 1. The summed E-state index contributed by atoms with van der Waals surface area (Å²) in [6.45, 7) is 9.49. The van der Waals surface area contributed by atoms with Crippen LogP contribution < -0.4 is 4.90 Å². The molecule has 2 nitrogen and oxygen atoms in total. The minimum Gasteiger partial charge on any atom is -0.310 e. The van der Waals surface area contributed by atoms with Crippen molar-refractivity contribution in [3.8, 4) is 39.1 Å². The number of halogens is 1. The molecular formula is C56H47FN2. The third-order valence-corrected chi connectivity index (χ3v) is 12.7. The molecule has 0 atom stereocenters. The Labute approximate surface area is 346 Å². The zero-order valence-electron chi connectivity index (χ0n) is 34.1. The van der Waals surface area contributed by atoms with Crippen molar-refractivity contribution in [2.24, 2.45) is 0 Å². The van der Waals surface area contributed by atoms with Crippen LogP contribution in [0.15, 0.2) is 188 Å². The molecule has 0 radical (unpaired) electrons. The van der Waals surface area contributed by atoms with Gasteiger partial charge in [0, 0.05) is 33.4 Å². The summed E-state index contributed by atoms with van der Waals surface area (Å²) in [4.78, 5) is 2.39. The van der Waals surface area contributed by atoms with Crippen molar-refractivity contribution in [2.45, 2.75) is 51.4 Å². The molecule has 1 heterocycles. The van der Waals surface area contributed by atoms with E-state index in [9.17, 15) is 0 Å². The third kappa shape index (κ3) is 6.52. The fourth-order valence-corrected chi connectivity index (χ4v) is 9.39. The molecule has 1 aliphatic rings. The fourth-order valence-electron chi connectivity index (χ4n) is 9.39. The van der Waals surface area contributed by atoms with Gasteiger partial charge in [-0.05, 0) is 129 Å². The summed E-state index contributed by atoms with van der Waals surface area (Å²) >= 11 is 0. The summed E-state index contributed by atoms with van der Waals surface area (Å²) in [7, 11) is 0. The quantitative estimate of drug-likeness (QED) is 0.157. The molecule has 1 aliphatic carbocycles. The van der Waals surface area contributed by atoms with Gasteiger partial charge in [-0.1, -0.05) is 149 Å². The highest BCUT2D eigenvalue weighted by Gasteiger charge is 2.37. The Bertz CT molecular complexity index is 3000. The molecule has 288 valence electrons. The van der Waals surface area contributed by atoms with E-state index in [2.05, 4.69) is 207 Å². The summed E-state index contributed by atoms with van der Waals surface area (Å²) < 4.78 is 17.5. The summed E-state index contributed by atoms with van der Waals surface area (Å²) in [6, 6.07) is 66.4. The van der Waals surface area contributed by atoms with E-state index in [-0.39, 0.29) is 16.6 Å². The maximum Gasteiger partial charge on any atom is 0.123 e. The number of anilines is 3. The second kappa shape index (κ2) is 14.3. The van der Waals surface area contributed by atoms with Crippen LogP contribution in [0.25, 0.3) is 60.9 Å². The average Bonchev–Trinajstić information content (AvgIpc) is 3.59. The molecule has 1 aromatic heterocycles. The van der Waals surface area contributed by atoms with E-state index >= 15 is 4.39 Å². The summed E-state index contributed by atoms with van der Waals surface area (Å²) in [5, 5.41) is 1.92. The first-order chi connectivity index (χ1) is 28.6. The largest absolute Gasteiger partial charge is 0.310 e. The van der Waals surface area contributed by atoms with E-state index in [0.717, 1.165) is 85.2 Å². The Hall–Kier alpha value is -6.71. The topological polar surface area (TPSA) is 8.17 Å². The molecule has 0 unspecified atom stereocenters. The van der Waals surface area contributed by atoms with Crippen LogP contribution in [0.1, 0.15) is 51.7 Å². The molecule has 0 amide bonds.